The van der Waals surface area contributed by atoms with Crippen molar-refractivity contribution in [2.75, 3.05) is 33.4 Å². The van der Waals surface area contributed by atoms with Crippen molar-refractivity contribution in [2.45, 2.75) is 64.4 Å². The molecule has 9 nitrogen and oxygen atoms in total. The molecule has 0 aliphatic carbocycles. The van der Waals surface area contributed by atoms with Crippen molar-refractivity contribution in [2.24, 2.45) is 0 Å². The van der Waals surface area contributed by atoms with Crippen LogP contribution in [0.3, 0.4) is 0 Å². The lowest BCUT2D eigenvalue weighted by molar-refractivity contribution is -0.894. The van der Waals surface area contributed by atoms with Crippen molar-refractivity contribution in [1.82, 2.24) is 0 Å². The van der Waals surface area contributed by atoms with Gasteiger partial charge in [0.25, 0.3) is 0 Å². The fourth-order valence-electron chi connectivity index (χ4n) is 4.43. The van der Waals surface area contributed by atoms with Gasteiger partial charge in [0.15, 0.2) is 18.7 Å². The highest BCUT2D eigenvalue weighted by Crippen LogP contribution is 2.38. The van der Waals surface area contributed by atoms with Gasteiger partial charge in [0.1, 0.15) is 18.3 Å². The van der Waals surface area contributed by atoms with Crippen molar-refractivity contribution in [3.63, 3.8) is 0 Å². The largest absolute Gasteiger partial charge is 0.566 e. The molecule has 2 unspecified atom stereocenters. The van der Waals surface area contributed by atoms with Gasteiger partial charge in [-0.15, -0.1) is 4.52 Å². The molecule has 2 fully saturated rings. The van der Waals surface area contributed by atoms with Crippen LogP contribution in [-0.2, 0) is 39.4 Å². The Bertz CT molecular complexity index is 906. The first-order valence-corrected chi connectivity index (χ1v) is 13.9. The van der Waals surface area contributed by atoms with Gasteiger partial charge in [0.05, 0.1) is 32.8 Å². The molecule has 0 aromatic heterocycles. The second-order valence-corrected chi connectivity index (χ2v) is 9.48. The van der Waals surface area contributed by atoms with E-state index in [4.69, 9.17) is 28.2 Å². The van der Waals surface area contributed by atoms with Crippen LogP contribution >= 0.6 is 8.25 Å². The maximum absolute atomic E-state index is 11.5. The van der Waals surface area contributed by atoms with Crippen LogP contribution in [0.4, 0.5) is 0 Å². The molecule has 10 heteroatoms. The van der Waals surface area contributed by atoms with E-state index >= 15 is 0 Å². The molecule has 204 valence electrons. The molecule has 2 aromatic carbocycles. The minimum Gasteiger partial charge on any atom is -0.566 e. The lowest BCUT2D eigenvalue weighted by Gasteiger charge is -2.47. The maximum atomic E-state index is 11.5. The quantitative estimate of drug-likeness (QED) is 0.462. The fraction of sp³-hybridized carbons (Fsp3) is 0.556. The van der Waals surface area contributed by atoms with Gasteiger partial charge in [-0.3, -0.25) is 0 Å². The van der Waals surface area contributed by atoms with Gasteiger partial charge in [-0.1, -0.05) is 60.7 Å². The second-order valence-electron chi connectivity index (χ2n) is 8.82. The number of rotatable bonds is 10. The first-order valence-electron chi connectivity index (χ1n) is 12.8. The SMILES string of the molecule is CC[NH+](CC)CC.CO[C@@H]1O[C@@H]2COC(c3ccccc3)O[C@@H]2[C@H](O[P+](=O)[O-])[C@H]1OCc1ccccc1. The third-order valence-electron chi connectivity index (χ3n) is 6.58. The zero-order valence-corrected chi connectivity index (χ0v) is 22.9. The summed E-state index contributed by atoms with van der Waals surface area (Å²) in [5.74, 6) is 0. The normalized spacial score (nSPS) is 27.7. The number of nitrogens with one attached hydrogen (secondary N) is 1. The minimum atomic E-state index is -3.15. The molecule has 37 heavy (non-hydrogen) atoms. The summed E-state index contributed by atoms with van der Waals surface area (Å²) < 4.78 is 46.1. The topological polar surface area (TPSA) is 100.0 Å². The Labute approximate surface area is 220 Å². The standard InChI is InChI=1S/C21H23O8P.C6H15N/c1-24-21-19(25-12-14-8-4-2-5-9-14)18(29-30(22)23)17-16(27-21)13-26-20(28-17)15-10-6-3-7-11-15;1-4-7(5-2)6-3/h2-11,16-21H,12-13H2,1H3;4-6H2,1-3H3/p+1/t16-,17+,18+,19-,20?,21-;/m1./s1. The third kappa shape index (κ3) is 8.61. The number of fused-ring (bicyclic) bond motifs is 1. The highest BCUT2D eigenvalue weighted by molar-refractivity contribution is 7.30. The molecular formula is C27H39NO8P+. The molecule has 2 aromatic rings. The van der Waals surface area contributed by atoms with E-state index in [-0.39, 0.29) is 13.2 Å². The zero-order chi connectivity index (χ0) is 26.6. The second kappa shape index (κ2) is 15.6. The molecule has 0 spiro atoms. The highest BCUT2D eigenvalue weighted by atomic mass is 31.1. The van der Waals surface area contributed by atoms with Crippen LogP contribution in [0.25, 0.3) is 0 Å². The summed E-state index contributed by atoms with van der Waals surface area (Å²) in [4.78, 5) is 13.2. The summed E-state index contributed by atoms with van der Waals surface area (Å²) in [6.07, 6.45) is -4.56. The Morgan fingerprint density at radius 1 is 0.946 bits per heavy atom. The number of hydrogen-bond donors (Lipinski definition) is 1. The van der Waals surface area contributed by atoms with Gasteiger partial charge in [-0.25, -0.2) is 0 Å². The van der Waals surface area contributed by atoms with Crippen LogP contribution in [0, 0.1) is 0 Å². The molecule has 2 aliphatic rings. The molecule has 2 heterocycles. The number of quaternary nitrogens is 1. The molecule has 0 bridgehead atoms. The zero-order valence-electron chi connectivity index (χ0n) is 22.0. The molecule has 0 saturated carbocycles. The van der Waals surface area contributed by atoms with Crippen molar-refractivity contribution >= 4 is 8.25 Å². The highest BCUT2D eigenvalue weighted by Gasteiger charge is 2.54. The van der Waals surface area contributed by atoms with Crippen molar-refractivity contribution in [1.29, 1.82) is 0 Å². The number of methoxy groups -OCH3 is 1. The molecule has 2 aliphatic heterocycles. The van der Waals surface area contributed by atoms with E-state index in [9.17, 15) is 9.46 Å². The van der Waals surface area contributed by atoms with E-state index in [1.807, 2.05) is 60.7 Å². The summed E-state index contributed by atoms with van der Waals surface area (Å²) in [5, 5.41) is 0. The van der Waals surface area contributed by atoms with Crippen LogP contribution in [0.15, 0.2) is 60.7 Å². The lowest BCUT2D eigenvalue weighted by atomic mass is 9.97. The number of benzene rings is 2. The predicted octanol–water partition coefficient (Wildman–Crippen LogP) is 2.39. The summed E-state index contributed by atoms with van der Waals surface area (Å²) in [6, 6.07) is 18.9. The Kier molecular flexibility index (Phi) is 12.5. The van der Waals surface area contributed by atoms with Crippen LogP contribution in [0.2, 0.25) is 0 Å². The first kappa shape index (κ1) is 29.8. The molecular weight excluding hydrogens is 497 g/mol. The molecule has 0 amide bonds. The van der Waals surface area contributed by atoms with E-state index in [1.165, 1.54) is 26.7 Å². The van der Waals surface area contributed by atoms with Gasteiger partial charge < -0.3 is 33.5 Å². The van der Waals surface area contributed by atoms with E-state index < -0.39 is 45.3 Å². The molecule has 7 atom stereocenters. The molecule has 2 saturated heterocycles. The van der Waals surface area contributed by atoms with Crippen molar-refractivity contribution in [3.8, 4) is 0 Å². The van der Waals surface area contributed by atoms with Crippen LogP contribution in [0.1, 0.15) is 38.2 Å². The van der Waals surface area contributed by atoms with Gasteiger partial charge in [0, 0.05) is 12.7 Å². The van der Waals surface area contributed by atoms with Crippen molar-refractivity contribution < 1.29 is 42.6 Å². The monoisotopic (exact) mass is 536 g/mol. The summed E-state index contributed by atoms with van der Waals surface area (Å²) in [5.41, 5.74) is 1.74. The Hall–Kier alpha value is -1.78. The number of hydrogen-bond acceptors (Lipinski definition) is 8. The summed E-state index contributed by atoms with van der Waals surface area (Å²) in [6.45, 7) is 10.9. The van der Waals surface area contributed by atoms with Crippen LogP contribution < -0.4 is 9.79 Å². The van der Waals surface area contributed by atoms with Gasteiger partial charge >= 0.3 is 8.25 Å². The Morgan fingerprint density at radius 2 is 1.57 bits per heavy atom. The predicted molar refractivity (Wildman–Crippen MR) is 136 cm³/mol. The fourth-order valence-corrected chi connectivity index (χ4v) is 4.87. The van der Waals surface area contributed by atoms with E-state index in [2.05, 4.69) is 20.8 Å². The van der Waals surface area contributed by atoms with Crippen LogP contribution in [0.5, 0.6) is 0 Å². The Morgan fingerprint density at radius 3 is 2.11 bits per heavy atom. The third-order valence-corrected chi connectivity index (χ3v) is 7.00. The molecule has 0 radical (unpaired) electrons. The maximum Gasteiger partial charge on any atom is 0.488 e. The van der Waals surface area contributed by atoms with Gasteiger partial charge in [-0.2, -0.15) is 0 Å². The van der Waals surface area contributed by atoms with Gasteiger partial charge in [0.2, 0.25) is 0 Å². The van der Waals surface area contributed by atoms with Crippen molar-refractivity contribution in [3.05, 3.63) is 71.8 Å². The smallest absolute Gasteiger partial charge is 0.488 e. The Balaban J connectivity index is 0.000000479. The summed E-state index contributed by atoms with van der Waals surface area (Å²) in [7, 11) is -1.68. The van der Waals surface area contributed by atoms with E-state index in [0.717, 1.165) is 11.1 Å². The average Bonchev–Trinajstić information content (AvgIpc) is 2.94. The number of ether oxygens (including phenoxy) is 5. The van der Waals surface area contributed by atoms with E-state index in [0.29, 0.717) is 0 Å². The lowest BCUT2D eigenvalue weighted by Crippen LogP contribution is -3.11. The van der Waals surface area contributed by atoms with Gasteiger partial charge in [-0.05, 0) is 30.9 Å². The van der Waals surface area contributed by atoms with E-state index in [1.54, 1.807) is 4.90 Å². The summed E-state index contributed by atoms with van der Waals surface area (Å²) >= 11 is 0. The minimum absolute atomic E-state index is 0.199. The molecule has 1 N–H and O–H groups in total. The average molecular weight is 537 g/mol. The van der Waals surface area contributed by atoms with Crippen LogP contribution in [-0.4, -0.2) is 64.1 Å². The first-order chi connectivity index (χ1) is 18.0. The molecule has 4 rings (SSSR count).